The zero-order valence-electron chi connectivity index (χ0n) is 12.0. The molecule has 0 atom stereocenters. The highest BCUT2D eigenvalue weighted by molar-refractivity contribution is 6.16. The van der Waals surface area contributed by atoms with Crippen LogP contribution in [0.15, 0.2) is 24.3 Å². The van der Waals surface area contributed by atoms with E-state index in [2.05, 4.69) is 15.6 Å². The number of methoxy groups -OCH3 is 1. The van der Waals surface area contributed by atoms with Crippen molar-refractivity contribution in [3.05, 3.63) is 30.1 Å². The standard InChI is InChI=1S/C13H17ClN2O.C2H4O/c1-17-9-5-4-8-16-12-7-3-2-6-11(12)15-13(16)10-14;1-2-3/h2-3,6-7H,4-5,8-10H2,1H3;2H,1H3. The molecule has 0 saturated carbocycles. The number of aryl methyl sites for hydroxylation is 1. The maximum atomic E-state index is 8.81. The monoisotopic (exact) mass is 296 g/mol. The van der Waals surface area contributed by atoms with E-state index < -0.39 is 0 Å². The number of ether oxygens (including phenoxy) is 1. The zero-order chi connectivity index (χ0) is 14.8. The third kappa shape index (κ3) is 4.62. The second-order valence-electron chi connectivity index (χ2n) is 4.24. The minimum atomic E-state index is 0.457. The van der Waals surface area contributed by atoms with Gasteiger partial charge < -0.3 is 14.1 Å². The summed E-state index contributed by atoms with van der Waals surface area (Å²) in [7, 11) is 1.73. The Hall–Kier alpha value is -1.39. The van der Waals surface area contributed by atoms with Gasteiger partial charge in [0.25, 0.3) is 0 Å². The summed E-state index contributed by atoms with van der Waals surface area (Å²) < 4.78 is 7.26. The van der Waals surface area contributed by atoms with Gasteiger partial charge in [0.05, 0.1) is 16.9 Å². The Labute approximate surface area is 124 Å². The van der Waals surface area contributed by atoms with Crippen molar-refractivity contribution in [1.82, 2.24) is 9.55 Å². The van der Waals surface area contributed by atoms with Crippen LogP contribution in [0.25, 0.3) is 11.0 Å². The Balaban J connectivity index is 0.000000612. The summed E-state index contributed by atoms with van der Waals surface area (Å²) in [5, 5.41) is 0. The first-order chi connectivity index (χ1) is 9.78. The number of halogens is 1. The molecule has 0 aliphatic carbocycles. The van der Waals surface area contributed by atoms with Gasteiger partial charge in [-0.05, 0) is 31.9 Å². The topological polar surface area (TPSA) is 44.1 Å². The number of fused-ring (bicyclic) bond motifs is 1. The van der Waals surface area contributed by atoms with E-state index >= 15 is 0 Å². The summed E-state index contributed by atoms with van der Waals surface area (Å²) >= 11 is 5.94. The Morgan fingerprint density at radius 1 is 1.35 bits per heavy atom. The molecule has 0 unspecified atom stereocenters. The number of unbranched alkanes of at least 4 members (excludes halogenated alkanes) is 1. The summed E-state index contributed by atoms with van der Waals surface area (Å²) in [6, 6.07) is 8.15. The summed E-state index contributed by atoms with van der Waals surface area (Å²) in [6.45, 7) is 3.20. The zero-order valence-corrected chi connectivity index (χ0v) is 12.8. The summed E-state index contributed by atoms with van der Waals surface area (Å²) in [5.74, 6) is 1.41. The highest BCUT2D eigenvalue weighted by Gasteiger charge is 2.08. The van der Waals surface area contributed by atoms with Crippen molar-refractivity contribution in [1.29, 1.82) is 0 Å². The molecule has 1 heterocycles. The molecule has 0 bridgehead atoms. The Morgan fingerprint density at radius 2 is 2.05 bits per heavy atom. The minimum absolute atomic E-state index is 0.457. The molecule has 1 aromatic heterocycles. The number of hydrogen-bond acceptors (Lipinski definition) is 3. The number of carbonyl (C=O) groups excluding carboxylic acids is 1. The van der Waals surface area contributed by atoms with Gasteiger partial charge in [-0.3, -0.25) is 0 Å². The van der Waals surface area contributed by atoms with E-state index in [1.807, 2.05) is 18.2 Å². The summed E-state index contributed by atoms with van der Waals surface area (Å²) in [4.78, 5) is 13.3. The van der Waals surface area contributed by atoms with Crippen LogP contribution in [0.1, 0.15) is 25.6 Å². The number of benzene rings is 1. The number of carbonyl (C=O) groups is 1. The summed E-state index contributed by atoms with van der Waals surface area (Å²) in [5.41, 5.74) is 2.19. The van der Waals surface area contributed by atoms with Gasteiger partial charge in [-0.1, -0.05) is 12.1 Å². The molecule has 4 nitrogen and oxygen atoms in total. The van der Waals surface area contributed by atoms with Crippen LogP contribution in [0.2, 0.25) is 0 Å². The van der Waals surface area contributed by atoms with Crippen molar-refractivity contribution in [2.45, 2.75) is 32.2 Å². The van der Waals surface area contributed by atoms with Gasteiger partial charge in [0, 0.05) is 20.3 Å². The predicted molar refractivity (Wildman–Crippen MR) is 82.1 cm³/mol. The third-order valence-corrected chi connectivity index (χ3v) is 3.07. The first-order valence-electron chi connectivity index (χ1n) is 6.67. The average Bonchev–Trinajstić information content (AvgIpc) is 2.82. The molecule has 5 heteroatoms. The Kier molecular flexibility index (Phi) is 7.92. The largest absolute Gasteiger partial charge is 0.385 e. The van der Waals surface area contributed by atoms with Crippen LogP contribution >= 0.6 is 11.6 Å². The van der Waals surface area contributed by atoms with Crippen molar-refractivity contribution < 1.29 is 9.53 Å². The number of para-hydroxylation sites is 2. The number of aromatic nitrogens is 2. The number of alkyl halides is 1. The molecule has 110 valence electrons. The van der Waals surface area contributed by atoms with Crippen LogP contribution in [0.5, 0.6) is 0 Å². The number of imidazole rings is 1. The molecule has 0 aliphatic heterocycles. The lowest BCUT2D eigenvalue weighted by Gasteiger charge is -2.07. The predicted octanol–water partition coefficient (Wildman–Crippen LogP) is 3.41. The average molecular weight is 297 g/mol. The van der Waals surface area contributed by atoms with Crippen molar-refractivity contribution in [2.75, 3.05) is 13.7 Å². The lowest BCUT2D eigenvalue weighted by Crippen LogP contribution is -2.03. The highest BCUT2D eigenvalue weighted by atomic mass is 35.5. The van der Waals surface area contributed by atoms with Gasteiger partial charge in [0.1, 0.15) is 12.1 Å². The van der Waals surface area contributed by atoms with E-state index in [0.29, 0.717) is 5.88 Å². The molecule has 0 fully saturated rings. The fraction of sp³-hybridized carbons (Fsp3) is 0.467. The SMILES string of the molecule is CC=O.COCCCCn1c(CCl)nc2ccccc21. The number of nitrogens with zero attached hydrogens (tertiary/aromatic N) is 2. The molecule has 0 N–H and O–H groups in total. The van der Waals surface area contributed by atoms with Crippen LogP contribution in [-0.2, 0) is 22.0 Å². The second-order valence-corrected chi connectivity index (χ2v) is 4.50. The quantitative estimate of drug-likeness (QED) is 0.466. The maximum absolute atomic E-state index is 8.81. The second kappa shape index (κ2) is 9.50. The maximum Gasteiger partial charge on any atom is 0.124 e. The van der Waals surface area contributed by atoms with Crippen LogP contribution in [0.4, 0.5) is 0 Å². The first-order valence-corrected chi connectivity index (χ1v) is 7.20. The van der Waals surface area contributed by atoms with E-state index in [-0.39, 0.29) is 0 Å². The van der Waals surface area contributed by atoms with Gasteiger partial charge in [-0.2, -0.15) is 0 Å². The molecule has 0 spiro atoms. The van der Waals surface area contributed by atoms with Crippen molar-refractivity contribution in [3.63, 3.8) is 0 Å². The third-order valence-electron chi connectivity index (χ3n) is 2.83. The van der Waals surface area contributed by atoms with Crippen molar-refractivity contribution in [3.8, 4) is 0 Å². The highest BCUT2D eigenvalue weighted by Crippen LogP contribution is 2.18. The first kappa shape index (κ1) is 16.7. The van der Waals surface area contributed by atoms with E-state index in [9.17, 15) is 0 Å². The van der Waals surface area contributed by atoms with Crippen molar-refractivity contribution >= 4 is 28.9 Å². The lowest BCUT2D eigenvalue weighted by molar-refractivity contribution is -0.106. The van der Waals surface area contributed by atoms with Gasteiger partial charge in [0.15, 0.2) is 0 Å². The van der Waals surface area contributed by atoms with Crippen molar-refractivity contribution in [2.24, 2.45) is 0 Å². The van der Waals surface area contributed by atoms with Crippen LogP contribution < -0.4 is 0 Å². The number of hydrogen-bond donors (Lipinski definition) is 0. The summed E-state index contributed by atoms with van der Waals surface area (Å²) in [6.07, 6.45) is 2.89. The van der Waals surface area contributed by atoms with E-state index in [1.165, 1.54) is 12.4 Å². The molecule has 0 saturated heterocycles. The van der Waals surface area contributed by atoms with Gasteiger partial charge in [0.2, 0.25) is 0 Å². The molecule has 2 aromatic rings. The smallest absolute Gasteiger partial charge is 0.124 e. The van der Waals surface area contributed by atoms with Gasteiger partial charge >= 0.3 is 0 Å². The molecular formula is C15H21ClN2O2. The minimum Gasteiger partial charge on any atom is -0.385 e. The number of rotatable bonds is 6. The molecule has 0 amide bonds. The van der Waals surface area contributed by atoms with E-state index in [1.54, 1.807) is 7.11 Å². The van der Waals surface area contributed by atoms with Crippen LogP contribution in [0.3, 0.4) is 0 Å². The normalized spacial score (nSPS) is 10.2. The van der Waals surface area contributed by atoms with Gasteiger partial charge in [-0.25, -0.2) is 4.98 Å². The fourth-order valence-electron chi connectivity index (χ4n) is 1.99. The van der Waals surface area contributed by atoms with E-state index in [4.69, 9.17) is 21.1 Å². The van der Waals surface area contributed by atoms with E-state index in [0.717, 1.165) is 43.6 Å². The molecule has 20 heavy (non-hydrogen) atoms. The molecule has 2 rings (SSSR count). The number of aldehydes is 1. The van der Waals surface area contributed by atoms with Crippen LogP contribution in [-0.4, -0.2) is 29.6 Å². The molecular weight excluding hydrogens is 276 g/mol. The van der Waals surface area contributed by atoms with Crippen LogP contribution in [0, 0.1) is 0 Å². The molecule has 0 radical (unpaired) electrons. The van der Waals surface area contributed by atoms with Gasteiger partial charge in [-0.15, -0.1) is 11.6 Å². The Morgan fingerprint density at radius 3 is 2.70 bits per heavy atom. The lowest BCUT2D eigenvalue weighted by atomic mass is 10.3. The molecule has 0 aliphatic rings. The molecule has 1 aromatic carbocycles. The Bertz CT molecular complexity index is 526. The fourth-order valence-corrected chi connectivity index (χ4v) is 2.20.